The number of ether oxygens (including phenoxy) is 2. The highest BCUT2D eigenvalue weighted by Gasteiger charge is 2.11. The van der Waals surface area contributed by atoms with Gasteiger partial charge in [-0.1, -0.05) is 13.0 Å². The molecular formula is C13H21NO2. The van der Waals surface area contributed by atoms with Gasteiger partial charge in [-0.25, -0.2) is 0 Å². The van der Waals surface area contributed by atoms with Gasteiger partial charge in [0.1, 0.15) is 0 Å². The first-order valence-electron chi connectivity index (χ1n) is 5.77. The monoisotopic (exact) mass is 223 g/mol. The highest BCUT2D eigenvalue weighted by atomic mass is 16.5. The quantitative estimate of drug-likeness (QED) is 0.806. The predicted octanol–water partition coefficient (Wildman–Crippen LogP) is 2.55. The van der Waals surface area contributed by atoms with E-state index < -0.39 is 0 Å². The molecule has 0 saturated carbocycles. The lowest BCUT2D eigenvalue weighted by atomic mass is 9.96. The summed E-state index contributed by atoms with van der Waals surface area (Å²) >= 11 is 0. The third-order valence-corrected chi connectivity index (χ3v) is 2.74. The summed E-state index contributed by atoms with van der Waals surface area (Å²) in [6.45, 7) is 5.40. The maximum Gasteiger partial charge on any atom is 0.161 e. The van der Waals surface area contributed by atoms with Crippen LogP contribution in [0.2, 0.25) is 0 Å². The summed E-state index contributed by atoms with van der Waals surface area (Å²) < 4.78 is 10.8. The van der Waals surface area contributed by atoms with Gasteiger partial charge in [0.25, 0.3) is 0 Å². The van der Waals surface area contributed by atoms with Crippen LogP contribution in [0.3, 0.4) is 0 Å². The number of benzene rings is 1. The van der Waals surface area contributed by atoms with Crippen molar-refractivity contribution in [2.24, 2.45) is 5.73 Å². The van der Waals surface area contributed by atoms with Crippen molar-refractivity contribution in [1.29, 1.82) is 0 Å². The second-order valence-electron chi connectivity index (χ2n) is 3.68. The van der Waals surface area contributed by atoms with E-state index >= 15 is 0 Å². The Balaban J connectivity index is 2.98. The summed E-state index contributed by atoms with van der Waals surface area (Å²) in [5.41, 5.74) is 6.94. The smallest absolute Gasteiger partial charge is 0.161 e. The fourth-order valence-electron chi connectivity index (χ4n) is 1.75. The average Bonchev–Trinajstić information content (AvgIpc) is 2.32. The molecule has 0 aliphatic carbocycles. The van der Waals surface area contributed by atoms with Crippen LogP contribution in [0.5, 0.6) is 11.5 Å². The standard InChI is InChI=1S/C13H21NO2/c1-4-10(9-14)11-6-7-12(16-5-2)13(8-11)15-3/h6-8,10H,4-5,9,14H2,1-3H3. The Hall–Kier alpha value is -1.22. The van der Waals surface area contributed by atoms with Crippen LogP contribution in [0.15, 0.2) is 18.2 Å². The van der Waals surface area contributed by atoms with Crippen molar-refractivity contribution < 1.29 is 9.47 Å². The second-order valence-corrected chi connectivity index (χ2v) is 3.68. The minimum Gasteiger partial charge on any atom is -0.493 e. The van der Waals surface area contributed by atoms with Crippen molar-refractivity contribution in [3.63, 3.8) is 0 Å². The van der Waals surface area contributed by atoms with Crippen LogP contribution in [0, 0.1) is 0 Å². The fourth-order valence-corrected chi connectivity index (χ4v) is 1.75. The largest absolute Gasteiger partial charge is 0.493 e. The molecule has 1 unspecified atom stereocenters. The topological polar surface area (TPSA) is 44.5 Å². The third-order valence-electron chi connectivity index (χ3n) is 2.74. The molecule has 1 rings (SSSR count). The normalized spacial score (nSPS) is 12.2. The molecule has 3 heteroatoms. The summed E-state index contributed by atoms with van der Waals surface area (Å²) in [5.74, 6) is 1.97. The zero-order valence-electron chi connectivity index (χ0n) is 10.3. The molecule has 0 aliphatic heterocycles. The van der Waals surface area contributed by atoms with Crippen molar-refractivity contribution in [2.75, 3.05) is 20.3 Å². The molecule has 1 aromatic rings. The molecule has 0 saturated heterocycles. The van der Waals surface area contributed by atoms with Gasteiger partial charge in [0.15, 0.2) is 11.5 Å². The van der Waals surface area contributed by atoms with Crippen LogP contribution < -0.4 is 15.2 Å². The van der Waals surface area contributed by atoms with E-state index in [0.29, 0.717) is 19.1 Å². The van der Waals surface area contributed by atoms with Crippen LogP contribution in [0.1, 0.15) is 31.7 Å². The lowest BCUT2D eigenvalue weighted by Gasteiger charge is -2.16. The molecular weight excluding hydrogens is 202 g/mol. The Morgan fingerprint density at radius 2 is 2.00 bits per heavy atom. The summed E-state index contributed by atoms with van der Waals surface area (Å²) in [7, 11) is 1.66. The molecule has 0 spiro atoms. The molecule has 0 aliphatic rings. The van der Waals surface area contributed by atoms with E-state index in [-0.39, 0.29) is 0 Å². The van der Waals surface area contributed by atoms with E-state index in [2.05, 4.69) is 13.0 Å². The molecule has 16 heavy (non-hydrogen) atoms. The van der Waals surface area contributed by atoms with Gasteiger partial charge in [0.2, 0.25) is 0 Å². The number of nitrogens with two attached hydrogens (primary N) is 1. The highest BCUT2D eigenvalue weighted by Crippen LogP contribution is 2.31. The summed E-state index contributed by atoms with van der Waals surface area (Å²) in [5, 5.41) is 0. The van der Waals surface area contributed by atoms with Crippen LogP contribution in [0.25, 0.3) is 0 Å². The predicted molar refractivity (Wildman–Crippen MR) is 66.2 cm³/mol. The van der Waals surface area contributed by atoms with E-state index in [1.54, 1.807) is 7.11 Å². The summed E-state index contributed by atoms with van der Waals surface area (Å²) in [6, 6.07) is 6.04. The Kier molecular flexibility index (Phi) is 5.12. The minimum absolute atomic E-state index is 0.393. The first-order chi connectivity index (χ1) is 7.76. The number of methoxy groups -OCH3 is 1. The Morgan fingerprint density at radius 1 is 1.25 bits per heavy atom. The van der Waals surface area contributed by atoms with Gasteiger partial charge in [-0.05, 0) is 43.5 Å². The lowest BCUT2D eigenvalue weighted by Crippen LogP contribution is -2.11. The second kappa shape index (κ2) is 6.38. The SMILES string of the molecule is CCOc1ccc(C(CC)CN)cc1OC. The maximum atomic E-state index is 5.73. The zero-order valence-corrected chi connectivity index (χ0v) is 10.3. The zero-order chi connectivity index (χ0) is 12.0. The molecule has 0 bridgehead atoms. The summed E-state index contributed by atoms with van der Waals surface area (Å²) in [4.78, 5) is 0. The van der Waals surface area contributed by atoms with Gasteiger partial charge in [-0.2, -0.15) is 0 Å². The van der Waals surface area contributed by atoms with Crippen LogP contribution in [-0.4, -0.2) is 20.3 Å². The van der Waals surface area contributed by atoms with Gasteiger partial charge >= 0.3 is 0 Å². The Morgan fingerprint density at radius 3 is 2.50 bits per heavy atom. The average molecular weight is 223 g/mol. The lowest BCUT2D eigenvalue weighted by molar-refractivity contribution is 0.310. The molecule has 0 radical (unpaired) electrons. The molecule has 90 valence electrons. The van der Waals surface area contributed by atoms with Crippen LogP contribution >= 0.6 is 0 Å². The minimum atomic E-state index is 0.393. The molecule has 0 amide bonds. The highest BCUT2D eigenvalue weighted by molar-refractivity contribution is 5.44. The van der Waals surface area contributed by atoms with Gasteiger partial charge in [-0.15, -0.1) is 0 Å². The van der Waals surface area contributed by atoms with E-state index in [1.165, 1.54) is 5.56 Å². The van der Waals surface area contributed by atoms with Crippen molar-refractivity contribution in [3.8, 4) is 11.5 Å². The molecule has 0 heterocycles. The van der Waals surface area contributed by atoms with Crippen molar-refractivity contribution in [2.45, 2.75) is 26.2 Å². The number of hydrogen-bond donors (Lipinski definition) is 1. The first kappa shape index (κ1) is 12.8. The van der Waals surface area contributed by atoms with Crippen LogP contribution in [0.4, 0.5) is 0 Å². The van der Waals surface area contributed by atoms with E-state index in [1.807, 2.05) is 19.1 Å². The number of hydrogen-bond acceptors (Lipinski definition) is 3. The molecule has 3 nitrogen and oxygen atoms in total. The van der Waals surface area contributed by atoms with Gasteiger partial charge in [0.05, 0.1) is 13.7 Å². The number of rotatable bonds is 6. The fraction of sp³-hybridized carbons (Fsp3) is 0.538. The molecule has 2 N–H and O–H groups in total. The first-order valence-corrected chi connectivity index (χ1v) is 5.77. The van der Waals surface area contributed by atoms with Gasteiger partial charge < -0.3 is 15.2 Å². The van der Waals surface area contributed by atoms with Crippen molar-refractivity contribution in [1.82, 2.24) is 0 Å². The van der Waals surface area contributed by atoms with Gasteiger partial charge in [-0.3, -0.25) is 0 Å². The van der Waals surface area contributed by atoms with E-state index in [4.69, 9.17) is 15.2 Å². The maximum absolute atomic E-state index is 5.73. The molecule has 1 aromatic carbocycles. The van der Waals surface area contributed by atoms with E-state index in [9.17, 15) is 0 Å². The molecule has 1 atom stereocenters. The van der Waals surface area contributed by atoms with Crippen LogP contribution in [-0.2, 0) is 0 Å². The van der Waals surface area contributed by atoms with Crippen molar-refractivity contribution in [3.05, 3.63) is 23.8 Å². The Labute approximate surface area is 97.6 Å². The van der Waals surface area contributed by atoms with E-state index in [0.717, 1.165) is 17.9 Å². The van der Waals surface area contributed by atoms with Crippen molar-refractivity contribution >= 4 is 0 Å². The Bertz CT molecular complexity index is 322. The third kappa shape index (κ3) is 2.89. The molecule has 0 fully saturated rings. The summed E-state index contributed by atoms with van der Waals surface area (Å²) in [6.07, 6.45) is 1.04. The molecule has 0 aromatic heterocycles. The van der Waals surface area contributed by atoms with Gasteiger partial charge in [0, 0.05) is 0 Å².